The quantitative estimate of drug-likeness (QED) is 0.669. The van der Waals surface area contributed by atoms with Gasteiger partial charge in [0.1, 0.15) is 12.4 Å². The van der Waals surface area contributed by atoms with Crippen LogP contribution in [-0.4, -0.2) is 32.1 Å². The van der Waals surface area contributed by atoms with Crippen LogP contribution >= 0.6 is 11.6 Å². The number of esters is 1. The highest BCUT2D eigenvalue weighted by Crippen LogP contribution is 2.28. The first-order valence-corrected chi connectivity index (χ1v) is 6.96. The predicted octanol–water partition coefficient (Wildman–Crippen LogP) is 2.19. The first-order chi connectivity index (χ1) is 10.1. The minimum Gasteiger partial charge on any atom is -0.488 e. The molecule has 1 heterocycles. The molecule has 1 aliphatic rings. The van der Waals surface area contributed by atoms with Crippen LogP contribution in [0.3, 0.4) is 0 Å². The molecule has 21 heavy (non-hydrogen) atoms. The summed E-state index contributed by atoms with van der Waals surface area (Å²) in [6, 6.07) is 5.27. The summed E-state index contributed by atoms with van der Waals surface area (Å²) in [6.07, 6.45) is 2.58. The van der Waals surface area contributed by atoms with Crippen molar-refractivity contribution in [1.29, 1.82) is 0 Å². The second kappa shape index (κ2) is 7.13. The Kier molecular flexibility index (Phi) is 5.22. The van der Waals surface area contributed by atoms with Gasteiger partial charge in [0.25, 0.3) is 5.91 Å². The van der Waals surface area contributed by atoms with Gasteiger partial charge in [-0.2, -0.15) is 0 Å². The van der Waals surface area contributed by atoms with E-state index in [1.807, 2.05) is 0 Å². The van der Waals surface area contributed by atoms with Crippen molar-refractivity contribution in [2.45, 2.75) is 12.8 Å². The van der Waals surface area contributed by atoms with Gasteiger partial charge in [-0.1, -0.05) is 11.6 Å². The molecule has 0 aliphatic carbocycles. The molecule has 1 N–H and O–H groups in total. The van der Waals surface area contributed by atoms with E-state index in [9.17, 15) is 9.59 Å². The zero-order chi connectivity index (χ0) is 15.2. The third-order valence-electron chi connectivity index (χ3n) is 3.05. The lowest BCUT2D eigenvalue weighted by molar-refractivity contribution is -0.140. The Labute approximate surface area is 127 Å². The Morgan fingerprint density at radius 3 is 3.00 bits per heavy atom. The lowest BCUT2D eigenvalue weighted by atomic mass is 10.1. The van der Waals surface area contributed by atoms with Crippen molar-refractivity contribution in [3.63, 3.8) is 0 Å². The average molecular weight is 310 g/mol. The number of methoxy groups -OCH3 is 1. The third-order valence-corrected chi connectivity index (χ3v) is 3.28. The first kappa shape index (κ1) is 15.4. The number of hydrogen-bond donors (Lipinski definition) is 1. The summed E-state index contributed by atoms with van der Waals surface area (Å²) >= 11 is 5.92. The summed E-state index contributed by atoms with van der Waals surface area (Å²) in [7, 11) is 1.34. The Hall–Kier alpha value is -2.01. The molecule has 0 saturated carbocycles. The van der Waals surface area contributed by atoms with E-state index >= 15 is 0 Å². The van der Waals surface area contributed by atoms with E-state index in [1.54, 1.807) is 24.3 Å². The summed E-state index contributed by atoms with van der Waals surface area (Å²) in [6.45, 7) is 0.630. The van der Waals surface area contributed by atoms with Gasteiger partial charge in [0.05, 0.1) is 12.7 Å². The third kappa shape index (κ3) is 4.23. The molecule has 1 aliphatic heterocycles. The maximum atomic E-state index is 12.0. The van der Waals surface area contributed by atoms with Gasteiger partial charge in [-0.15, -0.1) is 0 Å². The summed E-state index contributed by atoms with van der Waals surface area (Å²) in [5, 5.41) is 3.34. The number of halogens is 1. The molecule has 112 valence electrons. The number of nitrogens with one attached hydrogen (secondary N) is 1. The zero-order valence-electron chi connectivity index (χ0n) is 11.6. The number of ether oxygens (including phenoxy) is 2. The van der Waals surface area contributed by atoms with Crippen LogP contribution in [0.2, 0.25) is 5.02 Å². The van der Waals surface area contributed by atoms with Crippen LogP contribution in [-0.2, 0) is 14.3 Å². The predicted molar refractivity (Wildman–Crippen MR) is 79.2 cm³/mol. The van der Waals surface area contributed by atoms with Crippen LogP contribution < -0.4 is 10.1 Å². The Balaban J connectivity index is 1.90. The monoisotopic (exact) mass is 309 g/mol. The topological polar surface area (TPSA) is 64.6 Å². The van der Waals surface area contributed by atoms with E-state index in [0.29, 0.717) is 29.3 Å². The second-order valence-corrected chi connectivity index (χ2v) is 5.01. The molecule has 1 aromatic carbocycles. The van der Waals surface area contributed by atoms with Crippen molar-refractivity contribution in [3.8, 4) is 5.75 Å². The summed E-state index contributed by atoms with van der Waals surface area (Å²) in [5.74, 6) is 0.222. The van der Waals surface area contributed by atoms with Crippen LogP contribution in [0.15, 0.2) is 23.8 Å². The van der Waals surface area contributed by atoms with Gasteiger partial charge in [-0.3, -0.25) is 9.59 Å². The fourth-order valence-corrected chi connectivity index (χ4v) is 2.11. The maximum absolute atomic E-state index is 12.0. The SMILES string of the molecule is COC(=O)CCCNC(=O)C1=Cc2cc(Cl)ccc2OC1. The minimum atomic E-state index is -0.284. The van der Waals surface area contributed by atoms with Crippen molar-refractivity contribution in [2.75, 3.05) is 20.3 Å². The van der Waals surface area contributed by atoms with Crippen LogP contribution in [0.5, 0.6) is 5.75 Å². The molecule has 0 spiro atoms. The highest BCUT2D eigenvalue weighted by molar-refractivity contribution is 6.30. The number of fused-ring (bicyclic) bond motifs is 1. The van der Waals surface area contributed by atoms with E-state index in [0.717, 1.165) is 5.56 Å². The molecule has 0 unspecified atom stereocenters. The Bertz CT molecular complexity index is 583. The standard InChI is InChI=1S/C15H16ClNO4/c1-20-14(18)3-2-6-17-15(19)11-7-10-8-12(16)4-5-13(10)21-9-11/h4-5,7-8H,2-3,6,9H2,1H3,(H,17,19). The van der Waals surface area contributed by atoms with E-state index in [-0.39, 0.29) is 24.9 Å². The van der Waals surface area contributed by atoms with Gasteiger partial charge in [-0.25, -0.2) is 0 Å². The van der Waals surface area contributed by atoms with E-state index < -0.39 is 0 Å². The Morgan fingerprint density at radius 1 is 1.43 bits per heavy atom. The van der Waals surface area contributed by atoms with E-state index in [2.05, 4.69) is 10.1 Å². The molecular weight excluding hydrogens is 294 g/mol. The Morgan fingerprint density at radius 2 is 2.24 bits per heavy atom. The van der Waals surface area contributed by atoms with Crippen molar-refractivity contribution in [2.24, 2.45) is 0 Å². The highest BCUT2D eigenvalue weighted by Gasteiger charge is 2.17. The van der Waals surface area contributed by atoms with E-state index in [4.69, 9.17) is 16.3 Å². The molecule has 2 rings (SSSR count). The van der Waals surface area contributed by atoms with Gasteiger partial charge < -0.3 is 14.8 Å². The largest absolute Gasteiger partial charge is 0.488 e. The fraction of sp³-hybridized carbons (Fsp3) is 0.333. The molecule has 6 heteroatoms. The molecule has 0 aromatic heterocycles. The molecule has 0 saturated heterocycles. The van der Waals surface area contributed by atoms with Crippen LogP contribution in [0.1, 0.15) is 18.4 Å². The van der Waals surface area contributed by atoms with Crippen molar-refractivity contribution in [3.05, 3.63) is 34.4 Å². The molecule has 5 nitrogen and oxygen atoms in total. The van der Waals surface area contributed by atoms with Crippen LogP contribution in [0.4, 0.5) is 0 Å². The van der Waals surface area contributed by atoms with Gasteiger partial charge in [0.15, 0.2) is 0 Å². The first-order valence-electron chi connectivity index (χ1n) is 6.58. The van der Waals surface area contributed by atoms with Gasteiger partial charge in [-0.05, 0) is 30.7 Å². The number of hydrogen-bond acceptors (Lipinski definition) is 4. The average Bonchev–Trinajstić information content (AvgIpc) is 2.50. The lowest BCUT2D eigenvalue weighted by Gasteiger charge is -2.17. The van der Waals surface area contributed by atoms with Gasteiger partial charge >= 0.3 is 5.97 Å². The number of benzene rings is 1. The smallest absolute Gasteiger partial charge is 0.305 e. The lowest BCUT2D eigenvalue weighted by Crippen LogP contribution is -2.29. The van der Waals surface area contributed by atoms with Crippen LogP contribution in [0, 0.1) is 0 Å². The molecule has 0 atom stereocenters. The number of amides is 1. The van der Waals surface area contributed by atoms with Crippen molar-refractivity contribution >= 4 is 29.6 Å². The van der Waals surface area contributed by atoms with Gasteiger partial charge in [0, 0.05) is 23.6 Å². The van der Waals surface area contributed by atoms with Crippen molar-refractivity contribution < 1.29 is 19.1 Å². The highest BCUT2D eigenvalue weighted by atomic mass is 35.5. The summed E-state index contributed by atoms with van der Waals surface area (Å²) in [5.41, 5.74) is 1.32. The summed E-state index contributed by atoms with van der Waals surface area (Å²) < 4.78 is 10.0. The fourth-order valence-electron chi connectivity index (χ4n) is 1.93. The molecular formula is C15H16ClNO4. The molecule has 1 amide bonds. The van der Waals surface area contributed by atoms with Crippen molar-refractivity contribution in [1.82, 2.24) is 5.32 Å². The molecule has 0 bridgehead atoms. The van der Waals surface area contributed by atoms with Crippen LogP contribution in [0.25, 0.3) is 6.08 Å². The normalized spacial score (nSPS) is 12.8. The second-order valence-electron chi connectivity index (χ2n) is 4.58. The molecule has 0 radical (unpaired) electrons. The zero-order valence-corrected chi connectivity index (χ0v) is 12.4. The summed E-state index contributed by atoms with van der Waals surface area (Å²) in [4.78, 5) is 22.9. The number of carbonyl (C=O) groups is 2. The molecule has 1 aromatic rings. The van der Waals surface area contributed by atoms with E-state index in [1.165, 1.54) is 7.11 Å². The van der Waals surface area contributed by atoms with Gasteiger partial charge in [0.2, 0.25) is 0 Å². The number of rotatable bonds is 5. The minimum absolute atomic E-state index is 0.203. The molecule has 0 fully saturated rings. The number of carbonyl (C=O) groups excluding carboxylic acids is 2. The maximum Gasteiger partial charge on any atom is 0.305 e.